The van der Waals surface area contributed by atoms with Gasteiger partial charge in [-0.2, -0.15) is 0 Å². The minimum atomic E-state index is -5.37. The van der Waals surface area contributed by atoms with E-state index < -0.39 is 31.0 Å². The Kier molecular flexibility index (Phi) is 5.59. The van der Waals surface area contributed by atoms with Crippen molar-refractivity contribution in [2.45, 2.75) is 19.0 Å². The van der Waals surface area contributed by atoms with E-state index >= 15 is 0 Å². The van der Waals surface area contributed by atoms with Crippen molar-refractivity contribution in [1.82, 2.24) is 0 Å². The van der Waals surface area contributed by atoms with Gasteiger partial charge in [-0.25, -0.2) is 8.78 Å². The summed E-state index contributed by atoms with van der Waals surface area (Å²) in [6.07, 6.45) is -3.75. The molecule has 0 amide bonds. The molecule has 1 aromatic carbocycles. The first-order valence-electron chi connectivity index (χ1n) is 5.42. The zero-order valence-corrected chi connectivity index (χ0v) is 12.0. The summed E-state index contributed by atoms with van der Waals surface area (Å²) in [6.45, 7) is 0.899. The predicted octanol–water partition coefficient (Wildman–Crippen LogP) is 1.30. The van der Waals surface area contributed by atoms with Gasteiger partial charge in [-0.05, 0) is 19.1 Å². The summed E-state index contributed by atoms with van der Waals surface area (Å²) in [6, 6.07) is 8.06. The first-order valence-corrected chi connectivity index (χ1v) is 7.56. The number of rotatable bonds is 5. The predicted molar refractivity (Wildman–Crippen MR) is 67.6 cm³/mol. The molecule has 0 aliphatic carbocycles. The van der Waals surface area contributed by atoms with Crippen molar-refractivity contribution in [1.29, 1.82) is 0 Å². The van der Waals surface area contributed by atoms with Crippen LogP contribution in [0.15, 0.2) is 30.3 Å². The van der Waals surface area contributed by atoms with Gasteiger partial charge < -0.3 is 23.8 Å². The number of para-hydroxylation sites is 1. The second kappa shape index (κ2) is 6.58. The number of halogens is 2. The number of ether oxygens (including phenoxy) is 2. The molecule has 0 N–H and O–H groups in total. The smallest absolute Gasteiger partial charge is 0.358 e. The van der Waals surface area contributed by atoms with Gasteiger partial charge in [0, 0.05) is 18.4 Å². The lowest BCUT2D eigenvalue weighted by Gasteiger charge is -2.35. The Labute approximate surface area is 119 Å². The molecule has 1 rings (SSSR count). The van der Waals surface area contributed by atoms with E-state index in [2.05, 4.69) is 17.0 Å². The number of hydrogen-bond donors (Lipinski definition) is 0. The first-order chi connectivity index (χ1) is 9.10. The SMILES string of the molecule is CC(OC(=S)Oc1ccccc1)C(F)(F)CP(=O)([O-])[O-]. The molecule has 0 radical (unpaired) electrons. The van der Waals surface area contributed by atoms with Crippen LogP contribution in [-0.2, 0) is 9.30 Å². The average Bonchev–Trinajstić information content (AvgIpc) is 2.26. The number of thiocarbonyl (C=S) groups is 1. The average molecular weight is 324 g/mol. The Bertz CT molecular complexity index is 505. The summed E-state index contributed by atoms with van der Waals surface area (Å²) < 4.78 is 46.8. The zero-order valence-electron chi connectivity index (χ0n) is 10.3. The van der Waals surface area contributed by atoms with Crippen molar-refractivity contribution in [3.05, 3.63) is 30.3 Å². The van der Waals surface area contributed by atoms with E-state index in [9.17, 15) is 23.1 Å². The van der Waals surface area contributed by atoms with Crippen LogP contribution in [0.1, 0.15) is 6.92 Å². The molecule has 9 heteroatoms. The van der Waals surface area contributed by atoms with Crippen LogP contribution >= 0.6 is 19.8 Å². The molecule has 0 fully saturated rings. The van der Waals surface area contributed by atoms with E-state index in [1.165, 1.54) is 12.1 Å². The second-order valence-electron chi connectivity index (χ2n) is 3.96. The van der Waals surface area contributed by atoms with Crippen molar-refractivity contribution in [3.63, 3.8) is 0 Å². The van der Waals surface area contributed by atoms with Crippen molar-refractivity contribution < 1.29 is 32.6 Å². The molecule has 1 unspecified atom stereocenters. The maximum atomic E-state index is 13.4. The van der Waals surface area contributed by atoms with E-state index in [4.69, 9.17) is 4.74 Å². The van der Waals surface area contributed by atoms with Gasteiger partial charge in [0.15, 0.2) is 6.10 Å². The summed E-state index contributed by atoms with van der Waals surface area (Å²) in [7, 11) is -5.37. The second-order valence-corrected chi connectivity index (χ2v) is 5.83. The van der Waals surface area contributed by atoms with E-state index in [1.54, 1.807) is 18.2 Å². The van der Waals surface area contributed by atoms with Crippen LogP contribution in [-0.4, -0.2) is 23.4 Å². The number of alkyl halides is 2. The number of benzene rings is 1. The van der Waals surface area contributed by atoms with Gasteiger partial charge in [-0.1, -0.05) is 25.8 Å². The Morgan fingerprint density at radius 3 is 2.45 bits per heavy atom. The summed E-state index contributed by atoms with van der Waals surface area (Å²) in [5.41, 5.74) is 0. The van der Waals surface area contributed by atoms with E-state index in [1.807, 2.05) is 0 Å². The highest BCUT2D eigenvalue weighted by Gasteiger charge is 2.39. The van der Waals surface area contributed by atoms with Crippen molar-refractivity contribution in [2.75, 3.05) is 6.16 Å². The maximum Gasteiger partial charge on any atom is 0.358 e. The van der Waals surface area contributed by atoms with Gasteiger partial charge in [0.2, 0.25) is 0 Å². The van der Waals surface area contributed by atoms with Gasteiger partial charge in [0.25, 0.3) is 5.92 Å². The molecule has 0 heterocycles. The van der Waals surface area contributed by atoms with Gasteiger partial charge in [-0.3, -0.25) is 0 Å². The fraction of sp³-hybridized carbons (Fsp3) is 0.364. The van der Waals surface area contributed by atoms with Crippen molar-refractivity contribution in [3.8, 4) is 5.75 Å². The molecular formula is C11H11F2O5PS-2. The minimum absolute atomic E-state index is 0.284. The fourth-order valence-corrected chi connectivity index (χ4v) is 2.24. The fourth-order valence-electron chi connectivity index (χ4n) is 1.23. The van der Waals surface area contributed by atoms with Crippen LogP contribution in [0.4, 0.5) is 8.78 Å². The zero-order chi connectivity index (χ0) is 15.4. The first kappa shape index (κ1) is 17.0. The standard InChI is InChI=1S/C11H13F2O5PS/c1-8(11(12,13)7-19(14,15)16)17-10(20)18-9-5-3-2-4-6-9/h2-6,8H,7H2,1H3,(H2,14,15,16)/p-2. The molecule has 20 heavy (non-hydrogen) atoms. The van der Waals surface area contributed by atoms with Crippen LogP contribution in [0.25, 0.3) is 0 Å². The van der Waals surface area contributed by atoms with Crippen LogP contribution in [0, 0.1) is 0 Å². The Balaban J connectivity index is 2.59. The van der Waals surface area contributed by atoms with Gasteiger partial charge in [-0.15, -0.1) is 0 Å². The van der Waals surface area contributed by atoms with E-state index in [-0.39, 0.29) is 5.75 Å². The highest BCUT2D eigenvalue weighted by Crippen LogP contribution is 2.35. The van der Waals surface area contributed by atoms with Crippen LogP contribution < -0.4 is 14.5 Å². The van der Waals surface area contributed by atoms with Crippen LogP contribution in [0.2, 0.25) is 0 Å². The third-order valence-corrected chi connectivity index (χ3v) is 3.21. The summed E-state index contributed by atoms with van der Waals surface area (Å²) >= 11 is 4.62. The molecule has 1 aromatic rings. The van der Waals surface area contributed by atoms with Crippen molar-refractivity contribution in [2.24, 2.45) is 0 Å². The Morgan fingerprint density at radius 2 is 1.95 bits per heavy atom. The minimum Gasteiger partial charge on any atom is -0.811 e. The molecule has 0 aliphatic rings. The lowest BCUT2D eigenvalue weighted by atomic mass is 10.2. The Morgan fingerprint density at radius 1 is 1.40 bits per heavy atom. The van der Waals surface area contributed by atoms with E-state index in [0.29, 0.717) is 0 Å². The Hall–Kier alpha value is -1.08. The largest absolute Gasteiger partial charge is 0.811 e. The molecule has 0 saturated carbocycles. The molecular weight excluding hydrogens is 313 g/mol. The number of hydrogen-bond acceptors (Lipinski definition) is 6. The van der Waals surface area contributed by atoms with Crippen molar-refractivity contribution >= 4 is 25.1 Å². The lowest BCUT2D eigenvalue weighted by Crippen LogP contribution is -2.41. The molecule has 0 bridgehead atoms. The third-order valence-electron chi connectivity index (χ3n) is 2.22. The molecule has 0 spiro atoms. The van der Waals surface area contributed by atoms with Gasteiger partial charge in [0.1, 0.15) is 5.75 Å². The highest BCUT2D eigenvalue weighted by atomic mass is 32.1. The molecule has 0 aromatic heterocycles. The normalized spacial score (nSPS) is 13.7. The maximum absolute atomic E-state index is 13.4. The lowest BCUT2D eigenvalue weighted by molar-refractivity contribution is -0.317. The van der Waals surface area contributed by atoms with Crippen LogP contribution in [0.5, 0.6) is 5.75 Å². The molecule has 0 aliphatic heterocycles. The molecule has 112 valence electrons. The van der Waals surface area contributed by atoms with E-state index in [0.717, 1.165) is 6.92 Å². The molecule has 0 saturated heterocycles. The summed E-state index contributed by atoms with van der Waals surface area (Å²) in [5, 5.41) is -0.588. The molecule has 1 atom stereocenters. The quantitative estimate of drug-likeness (QED) is 0.600. The highest BCUT2D eigenvalue weighted by molar-refractivity contribution is 7.79. The van der Waals surface area contributed by atoms with Crippen LogP contribution in [0.3, 0.4) is 0 Å². The van der Waals surface area contributed by atoms with Gasteiger partial charge in [0.05, 0.1) is 0 Å². The van der Waals surface area contributed by atoms with Gasteiger partial charge >= 0.3 is 5.24 Å². The molecule has 5 nitrogen and oxygen atoms in total. The topological polar surface area (TPSA) is 81.7 Å². The summed E-state index contributed by atoms with van der Waals surface area (Å²) in [5.74, 6) is -3.57. The summed E-state index contributed by atoms with van der Waals surface area (Å²) in [4.78, 5) is 20.8. The monoisotopic (exact) mass is 324 g/mol. The third kappa shape index (κ3) is 5.92.